The third-order valence-corrected chi connectivity index (χ3v) is 8.63. The Morgan fingerprint density at radius 2 is 1.83 bits per heavy atom. The molecule has 0 aliphatic carbocycles. The van der Waals surface area contributed by atoms with E-state index in [2.05, 4.69) is 24.5 Å². The minimum Gasteiger partial charge on any atom is -0.418 e. The van der Waals surface area contributed by atoms with Crippen LogP contribution >= 0.6 is 0 Å². The van der Waals surface area contributed by atoms with Crippen molar-refractivity contribution in [3.05, 3.63) is 29.3 Å². The highest BCUT2D eigenvalue weighted by molar-refractivity contribution is 6.71. The summed E-state index contributed by atoms with van der Waals surface area (Å²) in [5, 5.41) is 3.04. The predicted octanol–water partition coefficient (Wildman–Crippen LogP) is 5.28. The lowest BCUT2D eigenvalue weighted by molar-refractivity contribution is -0.144. The summed E-state index contributed by atoms with van der Waals surface area (Å²) in [6.07, 6.45) is 3.39. The highest BCUT2D eigenvalue weighted by Crippen LogP contribution is 2.32. The van der Waals surface area contributed by atoms with Gasteiger partial charge < -0.3 is 14.6 Å². The molecule has 30 heavy (non-hydrogen) atoms. The molecule has 5 nitrogen and oxygen atoms in total. The molecular formula is C24H40N2O3Si. The van der Waals surface area contributed by atoms with Crippen LogP contribution in [0.1, 0.15) is 57.6 Å². The van der Waals surface area contributed by atoms with E-state index in [0.29, 0.717) is 6.54 Å². The molecule has 1 heterocycles. The number of carbonyl (C=O) groups is 2. The molecule has 0 saturated carbocycles. The first-order valence-corrected chi connectivity index (χ1v) is 14.4. The highest BCUT2D eigenvalue weighted by Gasteiger charge is 2.40. The van der Waals surface area contributed by atoms with Gasteiger partial charge in [-0.1, -0.05) is 26.3 Å². The van der Waals surface area contributed by atoms with Crippen molar-refractivity contribution in [1.29, 1.82) is 0 Å². The Bertz CT molecular complexity index is 741. The quantitative estimate of drug-likeness (QED) is 0.540. The number of rotatable bonds is 9. The third-order valence-electron chi connectivity index (χ3n) is 6.00. The van der Waals surface area contributed by atoms with Crippen molar-refractivity contribution < 1.29 is 14.0 Å². The van der Waals surface area contributed by atoms with Crippen LogP contribution in [0.15, 0.2) is 18.2 Å². The van der Waals surface area contributed by atoms with Gasteiger partial charge in [0.2, 0.25) is 11.8 Å². The molecule has 0 bridgehead atoms. The molecule has 1 aromatic carbocycles. The summed E-state index contributed by atoms with van der Waals surface area (Å²) in [7, 11) is -1.64. The summed E-state index contributed by atoms with van der Waals surface area (Å²) in [5.41, 5.74) is 2.56. The Kier molecular flexibility index (Phi) is 8.28. The van der Waals surface area contributed by atoms with Crippen molar-refractivity contribution >= 4 is 25.8 Å². The van der Waals surface area contributed by atoms with Gasteiger partial charge in [0.05, 0.1) is 0 Å². The minimum atomic E-state index is -1.64. The molecule has 2 amide bonds. The number of hydrogen-bond acceptors (Lipinski definition) is 3. The van der Waals surface area contributed by atoms with Gasteiger partial charge in [0.25, 0.3) is 0 Å². The SMILES string of the molecule is CCO[Si](C)(C)CCCC(C)(C)C(=O)N1CCC[C@H]1C(=O)Nc1cc(C)cc(C)c1. The zero-order chi connectivity index (χ0) is 22.5. The van der Waals surface area contributed by atoms with E-state index in [1.165, 1.54) is 0 Å². The fourth-order valence-corrected chi connectivity index (χ4v) is 6.42. The van der Waals surface area contributed by atoms with Crippen molar-refractivity contribution in [2.24, 2.45) is 5.41 Å². The molecule has 1 N–H and O–H groups in total. The van der Waals surface area contributed by atoms with E-state index < -0.39 is 13.7 Å². The van der Waals surface area contributed by atoms with Gasteiger partial charge in [0, 0.05) is 24.3 Å². The van der Waals surface area contributed by atoms with Gasteiger partial charge in [-0.2, -0.15) is 0 Å². The molecular weight excluding hydrogens is 392 g/mol. The first kappa shape index (κ1) is 24.6. The molecule has 1 saturated heterocycles. The van der Waals surface area contributed by atoms with Crippen molar-refractivity contribution in [3.63, 3.8) is 0 Å². The molecule has 1 aliphatic heterocycles. The largest absolute Gasteiger partial charge is 0.418 e. The monoisotopic (exact) mass is 432 g/mol. The maximum atomic E-state index is 13.3. The maximum Gasteiger partial charge on any atom is 0.247 e. The first-order valence-electron chi connectivity index (χ1n) is 11.3. The smallest absolute Gasteiger partial charge is 0.247 e. The molecule has 2 rings (SSSR count). The van der Waals surface area contributed by atoms with Gasteiger partial charge >= 0.3 is 0 Å². The second kappa shape index (κ2) is 10.1. The van der Waals surface area contributed by atoms with Crippen LogP contribution < -0.4 is 5.32 Å². The van der Waals surface area contributed by atoms with Crippen LogP contribution in [0.25, 0.3) is 0 Å². The highest BCUT2D eigenvalue weighted by atomic mass is 28.4. The number of anilines is 1. The molecule has 1 fully saturated rings. The van der Waals surface area contributed by atoms with E-state index in [1.54, 1.807) is 0 Å². The van der Waals surface area contributed by atoms with E-state index in [0.717, 1.165) is 55.1 Å². The van der Waals surface area contributed by atoms with Crippen LogP contribution in [0.2, 0.25) is 19.1 Å². The average Bonchev–Trinajstić information content (AvgIpc) is 3.09. The number of likely N-dealkylation sites (tertiary alicyclic amines) is 1. The van der Waals surface area contributed by atoms with Crippen LogP contribution in [0.5, 0.6) is 0 Å². The Morgan fingerprint density at radius 3 is 2.43 bits per heavy atom. The minimum absolute atomic E-state index is 0.0773. The maximum absolute atomic E-state index is 13.3. The Labute approximate surface area is 183 Å². The molecule has 1 aliphatic rings. The van der Waals surface area contributed by atoms with E-state index in [4.69, 9.17) is 4.43 Å². The van der Waals surface area contributed by atoms with Crippen LogP contribution in [0.4, 0.5) is 5.69 Å². The Balaban J connectivity index is 2.00. The van der Waals surface area contributed by atoms with Crippen LogP contribution in [-0.4, -0.2) is 44.2 Å². The number of benzene rings is 1. The summed E-state index contributed by atoms with van der Waals surface area (Å²) >= 11 is 0. The zero-order valence-electron chi connectivity index (χ0n) is 19.9. The molecule has 168 valence electrons. The molecule has 6 heteroatoms. The molecule has 0 spiro atoms. The average molecular weight is 433 g/mol. The van der Waals surface area contributed by atoms with Crippen LogP contribution in [-0.2, 0) is 14.0 Å². The van der Waals surface area contributed by atoms with Crippen LogP contribution in [0, 0.1) is 19.3 Å². The number of nitrogens with one attached hydrogen (secondary N) is 1. The molecule has 1 atom stereocenters. The van der Waals surface area contributed by atoms with Crippen molar-refractivity contribution in [2.45, 2.75) is 85.5 Å². The van der Waals surface area contributed by atoms with Gasteiger partial charge in [-0.3, -0.25) is 9.59 Å². The number of amides is 2. The summed E-state index contributed by atoms with van der Waals surface area (Å²) in [6.45, 7) is 16.0. The van der Waals surface area contributed by atoms with Gasteiger partial charge in [-0.15, -0.1) is 0 Å². The molecule has 0 aromatic heterocycles. The fraction of sp³-hybridized carbons (Fsp3) is 0.667. The van der Waals surface area contributed by atoms with Gasteiger partial charge in [0.1, 0.15) is 6.04 Å². The summed E-state index contributed by atoms with van der Waals surface area (Å²) in [5.74, 6) is 0.0167. The van der Waals surface area contributed by atoms with Crippen LogP contribution in [0.3, 0.4) is 0 Å². The van der Waals surface area contributed by atoms with Gasteiger partial charge in [0.15, 0.2) is 8.32 Å². The second-order valence-electron chi connectivity index (χ2n) is 9.95. The summed E-state index contributed by atoms with van der Waals surface area (Å²) in [4.78, 5) is 28.1. The lowest BCUT2D eigenvalue weighted by Gasteiger charge is -2.33. The first-order chi connectivity index (χ1) is 13.9. The van der Waals surface area contributed by atoms with Crippen molar-refractivity contribution in [1.82, 2.24) is 4.90 Å². The summed E-state index contributed by atoms with van der Waals surface area (Å²) in [6, 6.07) is 6.69. The number of hydrogen-bond donors (Lipinski definition) is 1. The third kappa shape index (κ3) is 6.67. The lowest BCUT2D eigenvalue weighted by Crippen LogP contribution is -2.48. The van der Waals surface area contributed by atoms with E-state index in [1.807, 2.05) is 51.7 Å². The van der Waals surface area contributed by atoms with Crippen molar-refractivity contribution in [2.75, 3.05) is 18.5 Å². The van der Waals surface area contributed by atoms with E-state index in [9.17, 15) is 9.59 Å². The van der Waals surface area contributed by atoms with Crippen molar-refractivity contribution in [3.8, 4) is 0 Å². The molecule has 0 unspecified atom stereocenters. The Hall–Kier alpha value is -1.66. The second-order valence-corrected chi connectivity index (χ2v) is 14.3. The fourth-order valence-electron chi connectivity index (χ4n) is 4.47. The standard InChI is InChI=1S/C24H40N2O3Si/c1-8-29-30(6,7)14-10-12-24(4,5)23(28)26-13-9-11-21(26)22(27)25-20-16-18(2)15-19(3)17-20/h15-17,21H,8-14H2,1-7H3,(H,25,27)/t21-/m0/s1. The predicted molar refractivity (Wildman–Crippen MR) is 126 cm³/mol. The van der Waals surface area contributed by atoms with E-state index >= 15 is 0 Å². The molecule has 0 radical (unpaired) electrons. The number of carbonyl (C=O) groups excluding carboxylic acids is 2. The molecule has 1 aromatic rings. The van der Waals surface area contributed by atoms with Gasteiger partial charge in [-0.05, 0) is 82.4 Å². The normalized spacial score (nSPS) is 17.3. The lowest BCUT2D eigenvalue weighted by atomic mass is 9.86. The number of nitrogens with zero attached hydrogens (tertiary/aromatic N) is 1. The number of aryl methyl sites for hydroxylation is 2. The van der Waals surface area contributed by atoms with E-state index in [-0.39, 0.29) is 17.9 Å². The summed E-state index contributed by atoms with van der Waals surface area (Å²) < 4.78 is 5.92. The topological polar surface area (TPSA) is 58.6 Å². The Morgan fingerprint density at radius 1 is 1.20 bits per heavy atom. The van der Waals surface area contributed by atoms with Gasteiger partial charge in [-0.25, -0.2) is 0 Å². The zero-order valence-corrected chi connectivity index (χ0v) is 20.9.